The van der Waals surface area contributed by atoms with Crippen LogP contribution in [0.25, 0.3) is 40.3 Å². The van der Waals surface area contributed by atoms with Crippen LogP contribution in [0, 0.1) is 112 Å². The maximum absolute atomic E-state index is 2.37. The van der Waals surface area contributed by atoms with Gasteiger partial charge in [-0.3, -0.25) is 0 Å². The average molecular weight is 1190 g/mol. The topological polar surface area (TPSA) is 0 Å². The SMILES string of the molecule is c1ccc2c3c(sc2c1)=c1ccc(s1)=c1ccc(s1)=c1ccc(s1)=c1ccc(s1)=c1sc2ccccc2c1=c1c(sc2ccccc12)=c1ccc(s1)=c1ccc(s1)=c1ccc(s1)=c1ccc(s1)=c1sc2ccccc2c1=3. The van der Waals surface area contributed by atoms with Crippen LogP contribution < -0.4 is 0 Å². The van der Waals surface area contributed by atoms with Gasteiger partial charge in [-0.05, 0) is 121 Å². The first-order valence-electron chi connectivity index (χ1n) is 24.5. The number of rotatable bonds is 0. The molecule has 0 radical (unpaired) electrons. The molecular formula is C64H32S12. The molecule has 0 saturated carbocycles. The third kappa shape index (κ3) is 7.27. The van der Waals surface area contributed by atoms with Crippen molar-refractivity contribution in [2.24, 2.45) is 0 Å². The van der Waals surface area contributed by atoms with Gasteiger partial charge < -0.3 is 0 Å². The van der Waals surface area contributed by atoms with Crippen molar-refractivity contribution in [2.75, 3.05) is 0 Å². The molecule has 16 bridgehead atoms. The quantitative estimate of drug-likeness (QED) is 0.142. The van der Waals surface area contributed by atoms with E-state index in [1.54, 1.807) is 0 Å². The highest BCUT2D eigenvalue weighted by Crippen LogP contribution is 2.36. The van der Waals surface area contributed by atoms with Crippen LogP contribution >= 0.6 is 136 Å². The Bertz CT molecular complexity index is 5610. The van der Waals surface area contributed by atoms with Gasteiger partial charge in [-0.15, -0.1) is 136 Å². The molecule has 0 aliphatic carbocycles. The molecule has 76 heavy (non-hydrogen) atoms. The lowest BCUT2D eigenvalue weighted by Gasteiger charge is -1.90. The van der Waals surface area contributed by atoms with E-state index in [4.69, 9.17) is 0 Å². The maximum atomic E-state index is 2.37. The molecule has 0 nitrogen and oxygen atoms in total. The first kappa shape index (κ1) is 45.3. The smallest absolute Gasteiger partial charge is 0.0534 e. The predicted molar refractivity (Wildman–Crippen MR) is 334 cm³/mol. The maximum Gasteiger partial charge on any atom is 0.0534 e. The molecule has 0 unspecified atom stereocenters. The highest BCUT2D eigenvalue weighted by molar-refractivity contribution is 7.21. The van der Waals surface area contributed by atoms with E-state index in [1.807, 2.05) is 136 Å². The second-order valence-corrected chi connectivity index (χ2v) is 31.4. The summed E-state index contributed by atoms with van der Waals surface area (Å²) in [5.41, 5.74) is 0. The number of hydrogen-bond donors (Lipinski definition) is 0. The number of fused-ring (bicyclic) bond motifs is 28. The largest absolute Gasteiger partial charge is 0.134 e. The minimum absolute atomic E-state index is 1.31. The molecule has 0 saturated heterocycles. The lowest BCUT2D eigenvalue weighted by molar-refractivity contribution is 1.58. The van der Waals surface area contributed by atoms with Gasteiger partial charge >= 0.3 is 0 Å². The summed E-state index contributed by atoms with van der Waals surface area (Å²) >= 11 is 23.1. The minimum Gasteiger partial charge on any atom is -0.134 e. The van der Waals surface area contributed by atoms with E-state index >= 15 is 0 Å². The van der Waals surface area contributed by atoms with E-state index in [9.17, 15) is 0 Å². The molecule has 0 N–H and O–H groups in total. The molecule has 1 aliphatic heterocycles. The summed E-state index contributed by atoms with van der Waals surface area (Å²) < 4.78 is 31.7. The van der Waals surface area contributed by atoms with Gasteiger partial charge in [-0.2, -0.15) is 0 Å². The zero-order valence-corrected chi connectivity index (χ0v) is 49.2. The first-order valence-corrected chi connectivity index (χ1v) is 34.3. The highest BCUT2D eigenvalue weighted by Gasteiger charge is 2.12. The Morgan fingerprint density at radius 3 is 0.500 bits per heavy atom. The molecule has 13 heterocycles. The van der Waals surface area contributed by atoms with Crippen LogP contribution in [0.4, 0.5) is 0 Å². The Morgan fingerprint density at radius 1 is 0.145 bits per heavy atom. The second kappa shape index (κ2) is 17.9. The van der Waals surface area contributed by atoms with E-state index < -0.39 is 0 Å². The zero-order valence-electron chi connectivity index (χ0n) is 39.4. The molecule has 0 fully saturated rings. The summed E-state index contributed by atoms with van der Waals surface area (Å²) in [6, 6.07) is 73.8. The molecule has 17 rings (SSSR count). The standard InChI is InChI=1S/C64H32S12/c1-5-13-37-33(9-1)57-58-34-10-2-6-14-38(34)74-62(58)54-30-26-50(70-54)46-22-18-43(66-46)44-20-24-48(68-44)52-28-32-56(72-52)64-60(36-12-4-8-16-40(36)76-64)59-35-11-3-7-15-39(35)75-63(59)55-31-27-51(71-55)47-23-19-42(67-47)41-17-21-45(65-41)49-25-29-53(69-49)61(57)73-37/h1-32H. The molecular weight excluding hydrogens is 1150 g/mol. The minimum atomic E-state index is 1.31. The van der Waals surface area contributed by atoms with Crippen molar-refractivity contribution in [1.82, 2.24) is 0 Å². The van der Waals surface area contributed by atoms with Crippen molar-refractivity contribution in [3.8, 4) is 0 Å². The van der Waals surface area contributed by atoms with Crippen LogP contribution in [-0.4, -0.2) is 0 Å². The van der Waals surface area contributed by atoms with Crippen LogP contribution in [0.3, 0.4) is 0 Å². The monoisotopic (exact) mass is 1180 g/mol. The Morgan fingerprint density at radius 2 is 0.303 bits per heavy atom. The molecule has 360 valence electrons. The van der Waals surface area contributed by atoms with Crippen molar-refractivity contribution in [1.29, 1.82) is 0 Å². The normalized spacial score (nSPS) is 12.2. The van der Waals surface area contributed by atoms with Gasteiger partial charge in [0.15, 0.2) is 0 Å². The van der Waals surface area contributed by atoms with Crippen molar-refractivity contribution < 1.29 is 0 Å². The zero-order chi connectivity index (χ0) is 49.6. The summed E-state index contributed by atoms with van der Waals surface area (Å²) in [6.45, 7) is 0. The third-order valence-electron chi connectivity index (χ3n) is 14.1. The first-order chi connectivity index (χ1) is 37.6. The molecule has 1 aliphatic rings. The average Bonchev–Trinajstić information content (AvgIpc) is 4.41. The van der Waals surface area contributed by atoms with Crippen LogP contribution in [0.1, 0.15) is 0 Å². The van der Waals surface area contributed by atoms with E-state index in [0.29, 0.717) is 0 Å². The molecule has 12 aromatic heterocycles. The molecule has 0 spiro atoms. The Hall–Kier alpha value is -5.68. The summed E-state index contributed by atoms with van der Waals surface area (Å²) in [5, 5.41) is 10.7. The van der Waals surface area contributed by atoms with Crippen LogP contribution in [0.2, 0.25) is 0 Å². The lowest BCUT2D eigenvalue weighted by atomic mass is 10.1. The van der Waals surface area contributed by atoms with E-state index in [1.165, 1.54) is 152 Å². The second-order valence-electron chi connectivity index (χ2n) is 18.5. The van der Waals surface area contributed by atoms with Gasteiger partial charge in [-0.25, -0.2) is 0 Å². The number of hydrogen-bond acceptors (Lipinski definition) is 12. The van der Waals surface area contributed by atoms with E-state index in [0.717, 1.165) is 0 Å². The van der Waals surface area contributed by atoms with Crippen LogP contribution in [-0.2, 0) is 0 Å². The molecule has 16 aromatic rings. The van der Waals surface area contributed by atoms with Gasteiger partial charge in [0.2, 0.25) is 0 Å². The molecule has 0 atom stereocenters. The van der Waals surface area contributed by atoms with Gasteiger partial charge in [0.25, 0.3) is 0 Å². The fourth-order valence-electron chi connectivity index (χ4n) is 10.6. The van der Waals surface area contributed by atoms with Crippen molar-refractivity contribution in [3.63, 3.8) is 0 Å². The molecule has 4 aromatic carbocycles. The van der Waals surface area contributed by atoms with Crippen molar-refractivity contribution in [3.05, 3.63) is 306 Å². The van der Waals surface area contributed by atoms with Gasteiger partial charge in [-0.1, -0.05) is 72.8 Å². The fourth-order valence-corrected chi connectivity index (χ4v) is 24.5. The highest BCUT2D eigenvalue weighted by atomic mass is 32.1. The van der Waals surface area contributed by atoms with Gasteiger partial charge in [0, 0.05) is 134 Å². The van der Waals surface area contributed by atoms with Gasteiger partial charge in [0.1, 0.15) is 0 Å². The number of benzene rings is 4. The summed E-state index contributed by atoms with van der Waals surface area (Å²) in [5.74, 6) is 0. The number of thiophene rings is 12. The fraction of sp³-hybridized carbons (Fsp3) is 0. The predicted octanol–water partition coefficient (Wildman–Crippen LogP) is 20.8. The van der Waals surface area contributed by atoms with Crippen LogP contribution in [0.15, 0.2) is 194 Å². The summed E-state index contributed by atoms with van der Waals surface area (Å²) in [4.78, 5) is 0. The van der Waals surface area contributed by atoms with E-state index in [-0.39, 0.29) is 0 Å². The summed E-state index contributed by atoms with van der Waals surface area (Å²) in [7, 11) is 0. The van der Waals surface area contributed by atoms with Crippen molar-refractivity contribution >= 4 is 176 Å². The molecule has 0 amide bonds. The Kier molecular flexibility index (Phi) is 10.7. The van der Waals surface area contributed by atoms with Gasteiger partial charge in [0.05, 0.1) is 18.1 Å². The Labute approximate surface area is 476 Å². The van der Waals surface area contributed by atoms with E-state index in [2.05, 4.69) is 194 Å². The van der Waals surface area contributed by atoms with Crippen molar-refractivity contribution in [2.45, 2.75) is 0 Å². The lowest BCUT2D eigenvalue weighted by Crippen LogP contribution is -1.74. The van der Waals surface area contributed by atoms with Crippen LogP contribution in [0.5, 0.6) is 0 Å². The Balaban J connectivity index is 1.06. The third-order valence-corrected chi connectivity index (χ3v) is 29.3. The molecule has 12 heteroatoms. The summed E-state index contributed by atoms with van der Waals surface area (Å²) in [6.07, 6.45) is 0.